The van der Waals surface area contributed by atoms with E-state index in [0.717, 1.165) is 39.7 Å². The molecule has 29 heavy (non-hydrogen) atoms. The predicted molar refractivity (Wildman–Crippen MR) is 122 cm³/mol. The highest BCUT2D eigenvalue weighted by Crippen LogP contribution is 2.40. The van der Waals surface area contributed by atoms with Crippen LogP contribution >= 0.6 is 34.4 Å². The molecule has 8 heteroatoms. The highest BCUT2D eigenvalue weighted by molar-refractivity contribution is 7.98. The number of benzene rings is 1. The van der Waals surface area contributed by atoms with Crippen molar-refractivity contribution in [3.8, 4) is 0 Å². The van der Waals surface area contributed by atoms with Gasteiger partial charge in [-0.15, -0.1) is 32.9 Å². The molecule has 5 rings (SSSR count). The van der Waals surface area contributed by atoms with Crippen LogP contribution in [0.25, 0.3) is 0 Å². The number of thiazole rings is 1. The van der Waals surface area contributed by atoms with Crippen molar-refractivity contribution in [2.75, 3.05) is 5.32 Å². The molecule has 1 aromatic carbocycles. The van der Waals surface area contributed by atoms with Gasteiger partial charge in [0.2, 0.25) is 0 Å². The predicted octanol–water partition coefficient (Wildman–Crippen LogP) is 6.07. The van der Waals surface area contributed by atoms with E-state index in [4.69, 9.17) is 4.98 Å². The molecular formula is C21H21N5S3. The normalized spacial score (nSPS) is 13.7. The van der Waals surface area contributed by atoms with Crippen LogP contribution in [0.3, 0.4) is 0 Å². The minimum Gasteiger partial charge on any atom is -0.332 e. The monoisotopic (exact) mass is 439 g/mol. The van der Waals surface area contributed by atoms with Crippen LogP contribution in [0.4, 0.5) is 10.8 Å². The number of nitrogens with one attached hydrogen (secondary N) is 1. The summed E-state index contributed by atoms with van der Waals surface area (Å²) in [5.74, 6) is 1.88. The van der Waals surface area contributed by atoms with E-state index >= 15 is 0 Å². The van der Waals surface area contributed by atoms with Crippen LogP contribution < -0.4 is 5.32 Å². The molecule has 3 heterocycles. The van der Waals surface area contributed by atoms with E-state index in [2.05, 4.69) is 74.2 Å². The van der Waals surface area contributed by atoms with Gasteiger partial charge in [0.1, 0.15) is 5.82 Å². The molecule has 1 N–H and O–H groups in total. The van der Waals surface area contributed by atoms with E-state index < -0.39 is 0 Å². The van der Waals surface area contributed by atoms with Gasteiger partial charge in [0.15, 0.2) is 10.3 Å². The molecule has 5 nitrogen and oxygen atoms in total. The maximum atomic E-state index is 4.73. The summed E-state index contributed by atoms with van der Waals surface area (Å²) in [5.41, 5.74) is 3.39. The van der Waals surface area contributed by atoms with Crippen molar-refractivity contribution < 1.29 is 0 Å². The van der Waals surface area contributed by atoms with E-state index in [1.807, 2.05) is 0 Å². The first kappa shape index (κ1) is 18.8. The van der Waals surface area contributed by atoms with Crippen molar-refractivity contribution in [1.29, 1.82) is 0 Å². The lowest BCUT2D eigenvalue weighted by Gasteiger charge is -2.07. The first-order chi connectivity index (χ1) is 14.2. The van der Waals surface area contributed by atoms with Gasteiger partial charge in [-0.2, -0.15) is 0 Å². The number of anilines is 2. The lowest BCUT2D eigenvalue weighted by molar-refractivity contribution is 0.635. The second kappa shape index (κ2) is 8.30. The van der Waals surface area contributed by atoms with Crippen LogP contribution in [0.15, 0.2) is 52.3 Å². The molecule has 0 aliphatic heterocycles. The number of nitrogens with zero attached hydrogens (tertiary/aromatic N) is 4. The zero-order chi connectivity index (χ0) is 19.6. The molecule has 0 bridgehead atoms. The topological polar surface area (TPSA) is 55.6 Å². The summed E-state index contributed by atoms with van der Waals surface area (Å²) in [7, 11) is 0. The average molecular weight is 440 g/mol. The molecule has 0 unspecified atom stereocenters. The molecule has 0 radical (unpaired) electrons. The quantitative estimate of drug-likeness (QED) is 0.338. The zero-order valence-corrected chi connectivity index (χ0v) is 18.5. The Bertz CT molecular complexity index is 1080. The smallest absolute Gasteiger partial charge is 0.191 e. The standard InChI is InChI=1S/C21H21N5S3/c1-14-4-6-15(7-5-14)22-20-23-16(12-28-20)13-29-21-25-24-19(26(21)17-8-9-17)11-18-3-2-10-27-18/h2-7,10,12,17H,8-9,11,13H2,1H3,(H,22,23). The minimum absolute atomic E-state index is 0.566. The zero-order valence-electron chi connectivity index (χ0n) is 16.0. The fourth-order valence-corrected chi connectivity index (χ4v) is 5.58. The molecule has 0 atom stereocenters. The number of thioether (sulfide) groups is 1. The van der Waals surface area contributed by atoms with Gasteiger partial charge in [-0.1, -0.05) is 35.5 Å². The molecule has 0 spiro atoms. The second-order valence-electron chi connectivity index (χ2n) is 7.18. The van der Waals surface area contributed by atoms with Gasteiger partial charge in [-0.3, -0.25) is 0 Å². The van der Waals surface area contributed by atoms with Gasteiger partial charge in [-0.05, 0) is 43.3 Å². The van der Waals surface area contributed by atoms with Crippen molar-refractivity contribution in [3.63, 3.8) is 0 Å². The van der Waals surface area contributed by atoms with Crippen LogP contribution in [0.5, 0.6) is 0 Å². The van der Waals surface area contributed by atoms with Gasteiger partial charge >= 0.3 is 0 Å². The summed E-state index contributed by atoms with van der Waals surface area (Å²) >= 11 is 5.15. The molecule has 1 aliphatic carbocycles. The molecule has 0 saturated heterocycles. The van der Waals surface area contributed by atoms with Crippen LogP contribution in [0.2, 0.25) is 0 Å². The van der Waals surface area contributed by atoms with E-state index in [9.17, 15) is 0 Å². The summed E-state index contributed by atoms with van der Waals surface area (Å²) in [6.07, 6.45) is 3.32. The van der Waals surface area contributed by atoms with Gasteiger partial charge in [0.05, 0.1) is 5.69 Å². The number of rotatable bonds is 8. The van der Waals surface area contributed by atoms with Crippen molar-refractivity contribution in [2.24, 2.45) is 0 Å². The van der Waals surface area contributed by atoms with E-state index in [1.165, 1.54) is 23.3 Å². The molecule has 4 aromatic rings. The first-order valence-electron chi connectivity index (χ1n) is 9.61. The maximum absolute atomic E-state index is 4.73. The highest BCUT2D eigenvalue weighted by atomic mass is 32.2. The Labute approximate surface area is 182 Å². The van der Waals surface area contributed by atoms with Crippen molar-refractivity contribution in [3.05, 3.63) is 69.1 Å². The van der Waals surface area contributed by atoms with E-state index in [0.29, 0.717) is 6.04 Å². The fourth-order valence-electron chi connectivity index (χ4n) is 3.12. The fraction of sp³-hybridized carbons (Fsp3) is 0.286. The largest absolute Gasteiger partial charge is 0.332 e. The number of hydrogen-bond donors (Lipinski definition) is 1. The number of thiophene rings is 1. The number of hydrogen-bond acceptors (Lipinski definition) is 7. The number of aryl methyl sites for hydroxylation is 1. The van der Waals surface area contributed by atoms with Crippen LogP contribution in [-0.2, 0) is 12.2 Å². The van der Waals surface area contributed by atoms with Gasteiger partial charge in [0.25, 0.3) is 0 Å². The lowest BCUT2D eigenvalue weighted by atomic mass is 10.2. The molecule has 3 aromatic heterocycles. The SMILES string of the molecule is Cc1ccc(Nc2nc(CSc3nnc(Cc4cccs4)n3C3CC3)cs2)cc1. The summed E-state index contributed by atoms with van der Waals surface area (Å²) < 4.78 is 2.35. The van der Waals surface area contributed by atoms with Gasteiger partial charge in [-0.25, -0.2) is 4.98 Å². The second-order valence-corrected chi connectivity index (χ2v) is 10.0. The van der Waals surface area contributed by atoms with Gasteiger partial charge < -0.3 is 9.88 Å². The molecule has 1 saturated carbocycles. The summed E-state index contributed by atoms with van der Waals surface area (Å²) in [6.45, 7) is 2.09. The van der Waals surface area contributed by atoms with Crippen LogP contribution in [0.1, 0.15) is 40.8 Å². The van der Waals surface area contributed by atoms with Crippen molar-refractivity contribution >= 4 is 45.3 Å². The Morgan fingerprint density at radius 3 is 2.76 bits per heavy atom. The van der Waals surface area contributed by atoms with Crippen molar-refractivity contribution in [1.82, 2.24) is 19.7 Å². The van der Waals surface area contributed by atoms with Crippen LogP contribution in [-0.4, -0.2) is 19.7 Å². The Morgan fingerprint density at radius 1 is 1.14 bits per heavy atom. The highest BCUT2D eigenvalue weighted by Gasteiger charge is 2.29. The molecule has 1 fully saturated rings. The van der Waals surface area contributed by atoms with E-state index in [-0.39, 0.29) is 0 Å². The summed E-state index contributed by atoms with van der Waals surface area (Å²) in [4.78, 5) is 6.07. The Kier molecular flexibility index (Phi) is 5.39. The van der Waals surface area contributed by atoms with Gasteiger partial charge in [0, 0.05) is 34.2 Å². The molecule has 0 amide bonds. The molecule has 1 aliphatic rings. The Hall–Kier alpha value is -2.16. The van der Waals surface area contributed by atoms with Crippen LogP contribution in [0, 0.1) is 6.92 Å². The number of aromatic nitrogens is 4. The minimum atomic E-state index is 0.566. The molecule has 148 valence electrons. The van der Waals surface area contributed by atoms with E-state index in [1.54, 1.807) is 34.4 Å². The third kappa shape index (κ3) is 4.55. The molecular weight excluding hydrogens is 418 g/mol. The average Bonchev–Trinajstić information content (AvgIpc) is 3.09. The maximum Gasteiger partial charge on any atom is 0.191 e. The summed E-state index contributed by atoms with van der Waals surface area (Å²) in [6, 6.07) is 13.2. The Morgan fingerprint density at radius 2 is 2.00 bits per heavy atom. The van der Waals surface area contributed by atoms with Crippen molar-refractivity contribution in [2.45, 2.75) is 43.1 Å². The first-order valence-corrected chi connectivity index (χ1v) is 12.4. The Balaban J connectivity index is 1.25. The third-order valence-corrected chi connectivity index (χ3v) is 7.42. The lowest BCUT2D eigenvalue weighted by Crippen LogP contribution is -2.03. The summed E-state index contributed by atoms with van der Waals surface area (Å²) in [5, 5.41) is 18.6. The third-order valence-electron chi connectivity index (χ3n) is 4.76.